The molecule has 0 saturated carbocycles. The summed E-state index contributed by atoms with van der Waals surface area (Å²) in [6.07, 6.45) is 2.31. The molecule has 0 spiro atoms. The molecule has 7 nitrogen and oxygen atoms in total. The fourth-order valence-electron chi connectivity index (χ4n) is 2.94. The first-order valence-electron chi connectivity index (χ1n) is 7.20. The molecule has 23 heavy (non-hydrogen) atoms. The summed E-state index contributed by atoms with van der Waals surface area (Å²) in [7, 11) is -3.63. The molecule has 1 saturated heterocycles. The Bertz CT molecular complexity index is 1000. The molecule has 1 unspecified atom stereocenters. The summed E-state index contributed by atoms with van der Waals surface area (Å²) in [6.45, 7) is 0.813. The summed E-state index contributed by atoms with van der Waals surface area (Å²) >= 11 is 0. The molecule has 0 amide bonds. The van der Waals surface area contributed by atoms with Crippen molar-refractivity contribution in [3.8, 4) is 0 Å². The van der Waals surface area contributed by atoms with Crippen molar-refractivity contribution in [1.82, 2.24) is 9.29 Å². The van der Waals surface area contributed by atoms with Gasteiger partial charge < -0.3 is 8.83 Å². The van der Waals surface area contributed by atoms with Gasteiger partial charge in [-0.3, -0.25) is 4.98 Å². The zero-order valence-electron chi connectivity index (χ0n) is 12.1. The molecule has 1 aliphatic rings. The number of aromatic nitrogens is 1. The van der Waals surface area contributed by atoms with E-state index in [-0.39, 0.29) is 16.4 Å². The van der Waals surface area contributed by atoms with Crippen molar-refractivity contribution in [2.45, 2.75) is 17.2 Å². The van der Waals surface area contributed by atoms with E-state index < -0.39 is 15.8 Å². The van der Waals surface area contributed by atoms with Gasteiger partial charge in [0.1, 0.15) is 5.76 Å². The van der Waals surface area contributed by atoms with E-state index >= 15 is 0 Å². The number of rotatable bonds is 3. The van der Waals surface area contributed by atoms with Crippen molar-refractivity contribution >= 4 is 21.1 Å². The van der Waals surface area contributed by atoms with Crippen molar-refractivity contribution in [2.24, 2.45) is 0 Å². The van der Waals surface area contributed by atoms with Crippen LogP contribution in [0.4, 0.5) is 0 Å². The third-order valence-electron chi connectivity index (χ3n) is 4.13. The first-order valence-corrected chi connectivity index (χ1v) is 8.64. The molecule has 0 aliphatic carbocycles. The zero-order chi connectivity index (χ0) is 16.0. The number of H-pyrrole nitrogens is 1. The smallest absolute Gasteiger partial charge is 0.417 e. The molecule has 0 radical (unpaired) electrons. The summed E-state index contributed by atoms with van der Waals surface area (Å²) in [6, 6.07) is 8.05. The molecule has 1 N–H and O–H groups in total. The van der Waals surface area contributed by atoms with Crippen molar-refractivity contribution in [1.29, 1.82) is 0 Å². The summed E-state index contributed by atoms with van der Waals surface area (Å²) in [5, 5.41) is 0. The number of nitrogens with one attached hydrogen (secondary N) is 1. The van der Waals surface area contributed by atoms with E-state index in [0.717, 1.165) is 5.76 Å². The van der Waals surface area contributed by atoms with E-state index in [9.17, 15) is 13.2 Å². The maximum Gasteiger partial charge on any atom is 0.417 e. The second-order valence-electron chi connectivity index (χ2n) is 5.54. The van der Waals surface area contributed by atoms with Gasteiger partial charge in [-0.2, -0.15) is 4.31 Å². The topological polar surface area (TPSA) is 96.5 Å². The van der Waals surface area contributed by atoms with Crippen molar-refractivity contribution in [3.05, 3.63) is 52.9 Å². The Morgan fingerprint density at radius 3 is 2.91 bits per heavy atom. The van der Waals surface area contributed by atoms with Crippen molar-refractivity contribution in [3.63, 3.8) is 0 Å². The summed E-state index contributed by atoms with van der Waals surface area (Å²) in [4.78, 5) is 13.8. The standard InChI is InChI=1S/C15H14N2O5S/c18-15-16-12-4-3-11(8-14(12)22-15)23(19,20)17-6-5-10(9-17)13-2-1-7-21-13/h1-4,7-8,10H,5-6,9H2,(H,16,18). The minimum absolute atomic E-state index is 0.0636. The fourth-order valence-corrected chi connectivity index (χ4v) is 4.45. The van der Waals surface area contributed by atoms with Gasteiger partial charge in [0.15, 0.2) is 5.58 Å². The van der Waals surface area contributed by atoms with E-state index in [2.05, 4.69) is 4.98 Å². The number of hydrogen-bond donors (Lipinski definition) is 1. The average Bonchev–Trinajstić information content (AvgIpc) is 3.25. The monoisotopic (exact) mass is 334 g/mol. The van der Waals surface area contributed by atoms with Gasteiger partial charge in [-0.1, -0.05) is 0 Å². The van der Waals surface area contributed by atoms with Crippen LogP contribution in [0.1, 0.15) is 18.1 Å². The van der Waals surface area contributed by atoms with Gasteiger partial charge in [-0.25, -0.2) is 13.2 Å². The molecular weight excluding hydrogens is 320 g/mol. The van der Waals surface area contributed by atoms with Crippen molar-refractivity contribution in [2.75, 3.05) is 13.1 Å². The molecule has 3 heterocycles. The predicted molar refractivity (Wildman–Crippen MR) is 81.7 cm³/mol. The van der Waals surface area contributed by atoms with Crippen molar-refractivity contribution < 1.29 is 17.3 Å². The highest BCUT2D eigenvalue weighted by atomic mass is 32.2. The van der Waals surface area contributed by atoms with Gasteiger partial charge in [0, 0.05) is 25.1 Å². The van der Waals surface area contributed by atoms with Gasteiger partial charge >= 0.3 is 5.76 Å². The third-order valence-corrected chi connectivity index (χ3v) is 5.99. The lowest BCUT2D eigenvalue weighted by Gasteiger charge is -2.16. The van der Waals surface area contributed by atoms with E-state index in [4.69, 9.17) is 8.83 Å². The highest BCUT2D eigenvalue weighted by molar-refractivity contribution is 7.89. The molecule has 1 atom stereocenters. The predicted octanol–water partition coefficient (Wildman–Crippen LogP) is 1.89. The quantitative estimate of drug-likeness (QED) is 0.789. The largest absolute Gasteiger partial charge is 0.469 e. The number of furan rings is 1. The number of benzene rings is 1. The van der Waals surface area contributed by atoms with Gasteiger partial charge in [0.25, 0.3) is 0 Å². The second kappa shape index (κ2) is 5.10. The number of aromatic amines is 1. The van der Waals surface area contributed by atoms with Gasteiger partial charge in [-0.15, -0.1) is 0 Å². The van der Waals surface area contributed by atoms with Crippen LogP contribution in [-0.2, 0) is 10.0 Å². The molecule has 1 aliphatic heterocycles. The number of sulfonamides is 1. The Morgan fingerprint density at radius 2 is 2.13 bits per heavy atom. The van der Waals surface area contributed by atoms with Gasteiger partial charge in [0.05, 0.1) is 16.7 Å². The second-order valence-corrected chi connectivity index (χ2v) is 7.47. The molecule has 0 bridgehead atoms. The van der Waals surface area contributed by atoms with E-state index in [1.807, 2.05) is 6.07 Å². The molecular formula is C15H14N2O5S. The molecule has 1 fully saturated rings. The Morgan fingerprint density at radius 1 is 1.26 bits per heavy atom. The highest BCUT2D eigenvalue weighted by Crippen LogP contribution is 2.31. The first kappa shape index (κ1) is 14.3. The number of hydrogen-bond acceptors (Lipinski definition) is 5. The normalized spacial score (nSPS) is 19.6. The van der Waals surface area contributed by atoms with E-state index in [0.29, 0.717) is 25.0 Å². The molecule has 8 heteroatoms. The third kappa shape index (κ3) is 2.40. The first-order chi connectivity index (χ1) is 11.0. The maximum atomic E-state index is 12.8. The van der Waals surface area contributed by atoms with E-state index in [1.54, 1.807) is 12.3 Å². The molecule has 4 rings (SSSR count). The molecule has 1 aromatic carbocycles. The average molecular weight is 334 g/mol. The Labute approximate surface area is 131 Å². The summed E-state index contributed by atoms with van der Waals surface area (Å²) < 4.78 is 37.3. The SMILES string of the molecule is O=c1[nH]c2ccc(S(=O)(=O)N3CCC(c4ccco4)C3)cc2o1. The van der Waals surface area contributed by atoms with Crippen LogP contribution in [0.15, 0.2) is 55.1 Å². The maximum absolute atomic E-state index is 12.8. The Hall–Kier alpha value is -2.32. The van der Waals surface area contributed by atoms with Crippen LogP contribution >= 0.6 is 0 Å². The van der Waals surface area contributed by atoms with Gasteiger partial charge in [-0.05, 0) is 30.7 Å². The van der Waals surface area contributed by atoms with Crippen LogP contribution in [0.5, 0.6) is 0 Å². The van der Waals surface area contributed by atoms with Crippen LogP contribution in [0.2, 0.25) is 0 Å². The Balaban J connectivity index is 1.65. The minimum atomic E-state index is -3.63. The van der Waals surface area contributed by atoms with Crippen LogP contribution in [0.3, 0.4) is 0 Å². The minimum Gasteiger partial charge on any atom is -0.469 e. The van der Waals surface area contributed by atoms with E-state index in [1.165, 1.54) is 22.5 Å². The van der Waals surface area contributed by atoms with Crippen LogP contribution in [-0.4, -0.2) is 30.8 Å². The molecule has 2 aromatic heterocycles. The number of nitrogens with zero attached hydrogens (tertiary/aromatic N) is 1. The Kier molecular flexibility index (Phi) is 3.17. The van der Waals surface area contributed by atoms with Crippen LogP contribution in [0.25, 0.3) is 11.1 Å². The van der Waals surface area contributed by atoms with Crippen LogP contribution in [0, 0.1) is 0 Å². The fraction of sp³-hybridized carbons (Fsp3) is 0.267. The summed E-state index contributed by atoms with van der Waals surface area (Å²) in [5.74, 6) is 0.261. The lowest BCUT2D eigenvalue weighted by molar-refractivity contribution is 0.445. The molecule has 120 valence electrons. The number of oxazole rings is 1. The highest BCUT2D eigenvalue weighted by Gasteiger charge is 2.34. The lowest BCUT2D eigenvalue weighted by Crippen LogP contribution is -2.28. The summed E-state index contributed by atoms with van der Waals surface area (Å²) in [5.41, 5.74) is 0.710. The number of fused-ring (bicyclic) bond motifs is 1. The lowest BCUT2D eigenvalue weighted by atomic mass is 10.1. The van der Waals surface area contributed by atoms with Crippen LogP contribution < -0.4 is 5.76 Å². The molecule has 3 aromatic rings. The van der Waals surface area contributed by atoms with Gasteiger partial charge in [0.2, 0.25) is 10.0 Å². The zero-order valence-corrected chi connectivity index (χ0v) is 12.9.